The highest BCUT2D eigenvalue weighted by molar-refractivity contribution is 7.13. The van der Waals surface area contributed by atoms with E-state index in [-0.39, 0.29) is 18.2 Å². The maximum Gasteiger partial charge on any atom is 0.230 e. The molecule has 6 heteroatoms. The molecule has 136 valence electrons. The molecule has 1 aliphatic rings. The predicted octanol–water partition coefficient (Wildman–Crippen LogP) is 3.90. The number of rotatable bonds is 4. The third-order valence-electron chi connectivity index (χ3n) is 4.56. The average molecular weight is 377 g/mol. The molecule has 0 saturated heterocycles. The molecule has 4 rings (SSSR count). The fourth-order valence-electron chi connectivity index (χ4n) is 3.26. The summed E-state index contributed by atoms with van der Waals surface area (Å²) >= 11 is 1.54. The van der Waals surface area contributed by atoms with Gasteiger partial charge in [-0.25, -0.2) is 4.98 Å². The van der Waals surface area contributed by atoms with Crippen molar-refractivity contribution in [2.75, 3.05) is 16.8 Å². The number of carbonyl (C=O) groups is 2. The Kier molecular flexibility index (Phi) is 4.73. The van der Waals surface area contributed by atoms with E-state index in [4.69, 9.17) is 0 Å². The van der Waals surface area contributed by atoms with Crippen LogP contribution < -0.4 is 10.2 Å². The van der Waals surface area contributed by atoms with Crippen molar-refractivity contribution in [3.05, 3.63) is 65.2 Å². The van der Waals surface area contributed by atoms with Crippen LogP contribution >= 0.6 is 11.3 Å². The van der Waals surface area contributed by atoms with Crippen LogP contribution in [0.2, 0.25) is 0 Å². The molecule has 2 amide bonds. The van der Waals surface area contributed by atoms with Gasteiger partial charge in [-0.2, -0.15) is 0 Å². The summed E-state index contributed by atoms with van der Waals surface area (Å²) in [6.45, 7) is 2.26. The Morgan fingerprint density at radius 1 is 1.19 bits per heavy atom. The van der Waals surface area contributed by atoms with E-state index in [0.717, 1.165) is 33.9 Å². The summed E-state index contributed by atoms with van der Waals surface area (Å²) in [4.78, 5) is 30.5. The van der Waals surface area contributed by atoms with Gasteiger partial charge in [0.15, 0.2) is 0 Å². The molecule has 0 fully saturated rings. The standard InChI is InChI=1S/C21H19N3O2S/c1-14(25)24-10-9-15-7-8-17(11-19(15)24)22-20(26)12-18-13-27-21(23-18)16-5-3-2-4-6-16/h2-8,11,13H,9-10,12H2,1H3,(H,22,26). The largest absolute Gasteiger partial charge is 0.326 e. The monoisotopic (exact) mass is 377 g/mol. The Hall–Kier alpha value is -2.99. The van der Waals surface area contributed by atoms with E-state index in [2.05, 4.69) is 10.3 Å². The Bertz CT molecular complexity index is 998. The SMILES string of the molecule is CC(=O)N1CCc2ccc(NC(=O)Cc3csc(-c4ccccc4)n3)cc21. The van der Waals surface area contributed by atoms with Crippen molar-refractivity contribution in [2.45, 2.75) is 19.8 Å². The molecule has 1 aromatic heterocycles. The number of nitrogens with one attached hydrogen (secondary N) is 1. The Balaban J connectivity index is 1.44. The number of aromatic nitrogens is 1. The number of anilines is 2. The molecular weight excluding hydrogens is 358 g/mol. The molecule has 0 spiro atoms. The molecule has 5 nitrogen and oxygen atoms in total. The molecule has 0 atom stereocenters. The van der Waals surface area contributed by atoms with E-state index < -0.39 is 0 Å². The van der Waals surface area contributed by atoms with Crippen molar-refractivity contribution in [1.82, 2.24) is 4.98 Å². The number of hydrogen-bond acceptors (Lipinski definition) is 4. The zero-order valence-corrected chi connectivity index (χ0v) is 15.8. The molecule has 0 unspecified atom stereocenters. The Morgan fingerprint density at radius 2 is 2.00 bits per heavy atom. The second kappa shape index (κ2) is 7.32. The fourth-order valence-corrected chi connectivity index (χ4v) is 4.08. The van der Waals surface area contributed by atoms with Gasteiger partial charge in [0, 0.05) is 35.8 Å². The number of nitrogens with zero attached hydrogens (tertiary/aromatic N) is 2. The lowest BCUT2D eigenvalue weighted by Crippen LogP contribution is -2.25. The molecule has 1 N–H and O–H groups in total. The van der Waals surface area contributed by atoms with E-state index in [1.807, 2.05) is 53.9 Å². The van der Waals surface area contributed by atoms with Gasteiger partial charge in [-0.3, -0.25) is 9.59 Å². The van der Waals surface area contributed by atoms with E-state index >= 15 is 0 Å². The highest BCUT2D eigenvalue weighted by Gasteiger charge is 2.22. The molecule has 1 aliphatic heterocycles. The van der Waals surface area contributed by atoms with Crippen LogP contribution in [-0.4, -0.2) is 23.3 Å². The first kappa shape index (κ1) is 17.4. The van der Waals surface area contributed by atoms with Gasteiger partial charge in [0.1, 0.15) is 5.01 Å². The minimum atomic E-state index is -0.118. The van der Waals surface area contributed by atoms with Crippen LogP contribution in [0.4, 0.5) is 11.4 Å². The van der Waals surface area contributed by atoms with Gasteiger partial charge in [-0.05, 0) is 24.1 Å². The maximum absolute atomic E-state index is 12.4. The number of amides is 2. The first-order valence-electron chi connectivity index (χ1n) is 8.81. The predicted molar refractivity (Wildman–Crippen MR) is 108 cm³/mol. The van der Waals surface area contributed by atoms with Gasteiger partial charge >= 0.3 is 0 Å². The minimum absolute atomic E-state index is 0.0214. The van der Waals surface area contributed by atoms with Crippen LogP contribution in [0.5, 0.6) is 0 Å². The van der Waals surface area contributed by atoms with Gasteiger partial charge < -0.3 is 10.2 Å². The number of thiazole rings is 1. The lowest BCUT2D eigenvalue weighted by molar-refractivity contribution is -0.116. The van der Waals surface area contributed by atoms with Crippen LogP contribution in [0, 0.1) is 0 Å². The van der Waals surface area contributed by atoms with Crippen LogP contribution in [0.3, 0.4) is 0 Å². The second-order valence-corrected chi connectivity index (χ2v) is 7.36. The first-order valence-corrected chi connectivity index (χ1v) is 9.69. The van der Waals surface area contributed by atoms with Gasteiger partial charge in [0.05, 0.1) is 12.1 Å². The zero-order chi connectivity index (χ0) is 18.8. The summed E-state index contributed by atoms with van der Waals surface area (Å²) in [5.74, 6) is -0.0969. The van der Waals surface area contributed by atoms with E-state index in [1.54, 1.807) is 11.8 Å². The van der Waals surface area contributed by atoms with Crippen LogP contribution in [0.25, 0.3) is 10.6 Å². The molecular formula is C21H19N3O2S. The lowest BCUT2D eigenvalue weighted by Gasteiger charge is -2.15. The quantitative estimate of drug-likeness (QED) is 0.750. The topological polar surface area (TPSA) is 62.3 Å². The Morgan fingerprint density at radius 3 is 2.78 bits per heavy atom. The van der Waals surface area contributed by atoms with Crippen molar-refractivity contribution in [3.8, 4) is 10.6 Å². The molecule has 0 radical (unpaired) electrons. The second-order valence-electron chi connectivity index (χ2n) is 6.50. The number of fused-ring (bicyclic) bond motifs is 1. The lowest BCUT2D eigenvalue weighted by atomic mass is 10.1. The van der Waals surface area contributed by atoms with Gasteiger partial charge in [0.2, 0.25) is 11.8 Å². The maximum atomic E-state index is 12.4. The van der Waals surface area contributed by atoms with Gasteiger partial charge in [0.25, 0.3) is 0 Å². The average Bonchev–Trinajstić information content (AvgIpc) is 3.29. The van der Waals surface area contributed by atoms with Gasteiger partial charge in [-0.15, -0.1) is 11.3 Å². The van der Waals surface area contributed by atoms with Crippen molar-refractivity contribution < 1.29 is 9.59 Å². The summed E-state index contributed by atoms with van der Waals surface area (Å²) in [7, 11) is 0. The van der Waals surface area contributed by atoms with Crippen LogP contribution in [-0.2, 0) is 22.4 Å². The first-order chi connectivity index (χ1) is 13.1. The van der Waals surface area contributed by atoms with Crippen molar-refractivity contribution >= 4 is 34.5 Å². The molecule has 2 heterocycles. The molecule has 0 aliphatic carbocycles. The summed E-state index contributed by atoms with van der Waals surface area (Å²) in [6.07, 6.45) is 1.07. The third kappa shape index (κ3) is 3.75. The fraction of sp³-hybridized carbons (Fsp3) is 0.190. The van der Waals surface area contributed by atoms with Crippen molar-refractivity contribution in [3.63, 3.8) is 0 Å². The highest BCUT2D eigenvalue weighted by atomic mass is 32.1. The summed E-state index contributed by atoms with van der Waals surface area (Å²) in [5.41, 5.74) is 4.53. The van der Waals surface area contributed by atoms with E-state index in [0.29, 0.717) is 12.2 Å². The summed E-state index contributed by atoms with van der Waals surface area (Å²) < 4.78 is 0. The normalized spacial score (nSPS) is 12.7. The van der Waals surface area contributed by atoms with E-state index in [9.17, 15) is 9.59 Å². The summed E-state index contributed by atoms with van der Waals surface area (Å²) in [6, 6.07) is 15.7. The molecule has 0 saturated carbocycles. The third-order valence-corrected chi connectivity index (χ3v) is 5.50. The van der Waals surface area contributed by atoms with Crippen molar-refractivity contribution in [1.29, 1.82) is 0 Å². The van der Waals surface area contributed by atoms with Crippen LogP contribution in [0.15, 0.2) is 53.9 Å². The number of hydrogen-bond donors (Lipinski definition) is 1. The molecule has 0 bridgehead atoms. The zero-order valence-electron chi connectivity index (χ0n) is 14.9. The number of carbonyl (C=O) groups excluding carboxylic acids is 2. The number of benzene rings is 2. The minimum Gasteiger partial charge on any atom is -0.326 e. The smallest absolute Gasteiger partial charge is 0.230 e. The molecule has 3 aromatic rings. The van der Waals surface area contributed by atoms with Crippen molar-refractivity contribution in [2.24, 2.45) is 0 Å². The molecule has 27 heavy (non-hydrogen) atoms. The summed E-state index contributed by atoms with van der Waals surface area (Å²) in [5, 5.41) is 5.75. The van der Waals surface area contributed by atoms with Gasteiger partial charge in [-0.1, -0.05) is 36.4 Å². The highest BCUT2D eigenvalue weighted by Crippen LogP contribution is 2.31. The van der Waals surface area contributed by atoms with Crippen LogP contribution in [0.1, 0.15) is 18.2 Å². The molecule has 2 aromatic carbocycles. The Labute approximate surface area is 161 Å². The van der Waals surface area contributed by atoms with E-state index in [1.165, 1.54) is 11.3 Å².